The van der Waals surface area contributed by atoms with Crippen LogP contribution in [0.15, 0.2) is 48.5 Å². The second kappa shape index (κ2) is 25.9. The SMILES string of the molecule is C[Si]c1ccc(N([C-]=O)[C-]=O)cc1.C[Si]c1ccc(N([C-]=O)[C-]=O)cc1.O=[C-]N([C-]=O)CN([C-]=O)[C-]=O.[Y].[Y]. The first-order valence-electron chi connectivity index (χ1n) is 9.64. The zero-order chi connectivity index (χ0) is 28.1. The molecule has 0 saturated carbocycles. The summed E-state index contributed by atoms with van der Waals surface area (Å²) < 4.78 is 0. The third-order valence-corrected chi connectivity index (χ3v) is 5.74. The van der Waals surface area contributed by atoms with E-state index in [4.69, 9.17) is 0 Å². The summed E-state index contributed by atoms with van der Waals surface area (Å²) in [5, 5.41) is 2.36. The number of amides is 8. The minimum Gasteiger partial charge on any atom is -0.624 e. The Morgan fingerprint density at radius 1 is 0.487 bits per heavy atom. The normalized spacial score (nSPS) is 8.46. The van der Waals surface area contributed by atoms with Crippen LogP contribution in [0.5, 0.6) is 0 Å². The number of rotatable bonds is 14. The van der Waals surface area contributed by atoms with E-state index in [-0.39, 0.29) is 65.4 Å². The standard InChI is InChI=1S/2C9H7NO2Si.C5H2N2O4.2Y/c2*1-13-9-4-2-8(3-5-9)10(6-11)7-12;8-2-6(3-9)1-7(4-10)5-11;;/h2*2-5H,1H3;1H2;;/q2*-2;-4;;. The molecule has 6 radical (unpaired) electrons. The van der Waals surface area contributed by atoms with E-state index in [2.05, 4.69) is 13.1 Å². The predicted octanol–water partition coefficient (Wildman–Crippen LogP) is -2.18. The van der Waals surface area contributed by atoms with Gasteiger partial charge < -0.3 is 58.0 Å². The number of anilines is 2. The van der Waals surface area contributed by atoms with Gasteiger partial charge in [-0.2, -0.15) is 61.3 Å². The molecule has 0 bridgehead atoms. The van der Waals surface area contributed by atoms with Crippen molar-refractivity contribution in [3.63, 3.8) is 0 Å². The van der Waals surface area contributed by atoms with E-state index in [0.29, 0.717) is 40.2 Å². The summed E-state index contributed by atoms with van der Waals surface area (Å²) >= 11 is 0. The van der Waals surface area contributed by atoms with E-state index in [1.807, 2.05) is 24.3 Å². The van der Waals surface area contributed by atoms with Crippen LogP contribution in [0.25, 0.3) is 0 Å². The molecule has 198 valence electrons. The van der Waals surface area contributed by atoms with Crippen molar-refractivity contribution >= 4 is 92.1 Å². The Kier molecular flexibility index (Phi) is 27.3. The maximum absolute atomic E-state index is 10.2. The average Bonchev–Trinajstić information content (AvgIpc) is 2.96. The largest absolute Gasteiger partial charge is 0.624 e. The quantitative estimate of drug-likeness (QED) is 0.0931. The molecule has 0 spiro atoms. The van der Waals surface area contributed by atoms with Crippen molar-refractivity contribution in [3.8, 4) is 0 Å². The Morgan fingerprint density at radius 3 is 0.923 bits per heavy atom. The Hall–Kier alpha value is -2.36. The van der Waals surface area contributed by atoms with Gasteiger partial charge in [-0.05, 0) is 32.3 Å². The number of imide groups is 4. The van der Waals surface area contributed by atoms with Crippen LogP contribution in [0, 0.1) is 0 Å². The molecule has 0 atom stereocenters. The van der Waals surface area contributed by atoms with Crippen molar-refractivity contribution in [3.05, 3.63) is 48.5 Å². The van der Waals surface area contributed by atoms with Crippen molar-refractivity contribution in [2.75, 3.05) is 16.5 Å². The number of carbonyl (C=O) groups excluding carboxylic acids is 8. The van der Waals surface area contributed by atoms with Gasteiger partial charge in [-0.3, -0.25) is 0 Å². The Balaban J connectivity index is -0.000000489. The predicted molar refractivity (Wildman–Crippen MR) is 134 cm³/mol. The molecule has 39 heavy (non-hydrogen) atoms. The molecule has 2 rings (SSSR count). The minimum absolute atomic E-state index is 0. The molecule has 0 aliphatic carbocycles. The van der Waals surface area contributed by atoms with Crippen LogP contribution in [0.2, 0.25) is 13.1 Å². The molecule has 0 N–H and O–H groups in total. The average molecular weight is 710 g/mol. The van der Waals surface area contributed by atoms with Crippen LogP contribution >= 0.6 is 0 Å². The first-order valence-corrected chi connectivity index (χ1v) is 12.6. The fourth-order valence-electron chi connectivity index (χ4n) is 2.10. The zero-order valence-corrected chi connectivity index (χ0v) is 28.2. The molecule has 8 amide bonds. The molecular formula is C23H16N4O8Si2Y2-8. The number of hydrogen-bond donors (Lipinski definition) is 0. The summed E-state index contributed by atoms with van der Waals surface area (Å²) in [7, 11) is 1.41. The molecule has 2 aromatic carbocycles. The third-order valence-electron chi connectivity index (χ3n) is 3.92. The molecular weight excluding hydrogens is 694 g/mol. The van der Waals surface area contributed by atoms with E-state index in [0.717, 1.165) is 35.4 Å². The molecule has 0 aromatic heterocycles. The van der Waals surface area contributed by atoms with Crippen LogP contribution < -0.4 is 20.2 Å². The van der Waals surface area contributed by atoms with Crippen LogP contribution in [0.3, 0.4) is 0 Å². The van der Waals surface area contributed by atoms with Gasteiger partial charge in [0.1, 0.15) is 0 Å². The second-order valence-corrected chi connectivity index (χ2v) is 8.15. The molecule has 16 heteroatoms. The Labute approximate surface area is 281 Å². The maximum Gasteiger partial charge on any atom is 0.0771 e. The molecule has 0 heterocycles. The summed E-state index contributed by atoms with van der Waals surface area (Å²) in [6.07, 6.45) is 10.3. The summed E-state index contributed by atoms with van der Waals surface area (Å²) in [6.45, 7) is 3.55. The van der Waals surface area contributed by atoms with Crippen LogP contribution in [-0.2, 0) is 104 Å². The van der Waals surface area contributed by atoms with Gasteiger partial charge in [0.05, 0.1) is 19.0 Å². The van der Waals surface area contributed by atoms with E-state index < -0.39 is 6.67 Å². The van der Waals surface area contributed by atoms with Crippen molar-refractivity contribution in [2.24, 2.45) is 0 Å². The number of nitrogens with zero attached hydrogens (tertiary/aromatic N) is 4. The Morgan fingerprint density at radius 2 is 0.744 bits per heavy atom. The van der Waals surface area contributed by atoms with Gasteiger partial charge in [0.2, 0.25) is 0 Å². The van der Waals surface area contributed by atoms with E-state index in [1.54, 1.807) is 24.3 Å². The first-order chi connectivity index (χ1) is 17.9. The first kappa shape index (κ1) is 41.1. The fraction of sp³-hybridized carbons (Fsp3) is 0.130. The minimum atomic E-state index is -0.569. The van der Waals surface area contributed by atoms with E-state index in [9.17, 15) is 38.4 Å². The monoisotopic (exact) mass is 710 g/mol. The van der Waals surface area contributed by atoms with E-state index in [1.165, 1.54) is 36.0 Å². The number of benzene rings is 2. The molecule has 0 saturated heterocycles. The summed E-state index contributed by atoms with van der Waals surface area (Å²) in [6, 6.07) is 14.3. The van der Waals surface area contributed by atoms with Crippen molar-refractivity contribution in [1.29, 1.82) is 0 Å². The van der Waals surface area contributed by atoms with Crippen molar-refractivity contribution in [2.45, 2.75) is 13.1 Å². The van der Waals surface area contributed by atoms with Gasteiger partial charge in [-0.15, -0.1) is 0 Å². The summed E-state index contributed by atoms with van der Waals surface area (Å²) in [4.78, 5) is 82.1. The second-order valence-electron chi connectivity index (χ2n) is 5.99. The fourth-order valence-corrected chi connectivity index (χ4v) is 3.10. The van der Waals surface area contributed by atoms with Gasteiger partial charge in [0.25, 0.3) is 0 Å². The molecule has 0 aliphatic rings. The zero-order valence-electron chi connectivity index (χ0n) is 20.5. The van der Waals surface area contributed by atoms with Crippen LogP contribution in [-0.4, -0.2) is 86.8 Å². The van der Waals surface area contributed by atoms with Gasteiger partial charge in [0.15, 0.2) is 0 Å². The molecule has 0 unspecified atom stereocenters. The Bertz CT molecular complexity index is 920. The molecule has 2 aromatic rings. The van der Waals surface area contributed by atoms with Gasteiger partial charge in [-0.25, -0.2) is 0 Å². The van der Waals surface area contributed by atoms with Gasteiger partial charge in [0, 0.05) is 65.4 Å². The third kappa shape index (κ3) is 16.4. The van der Waals surface area contributed by atoms with Crippen LogP contribution in [0.1, 0.15) is 0 Å². The van der Waals surface area contributed by atoms with E-state index >= 15 is 0 Å². The molecule has 0 fully saturated rings. The summed E-state index contributed by atoms with van der Waals surface area (Å²) in [5.41, 5.74) is 0.985. The van der Waals surface area contributed by atoms with Crippen LogP contribution in [0.4, 0.5) is 11.4 Å². The van der Waals surface area contributed by atoms with Gasteiger partial charge >= 0.3 is 0 Å². The van der Waals surface area contributed by atoms with Gasteiger partial charge in [-0.1, -0.05) is 47.7 Å². The number of hydrogen-bond acceptors (Lipinski definition) is 8. The molecule has 12 nitrogen and oxygen atoms in total. The van der Waals surface area contributed by atoms with Crippen molar-refractivity contribution < 1.29 is 104 Å². The maximum atomic E-state index is 10.2. The topological polar surface area (TPSA) is 150 Å². The molecule has 0 aliphatic heterocycles. The van der Waals surface area contributed by atoms with Crippen molar-refractivity contribution in [1.82, 2.24) is 9.80 Å². The summed E-state index contributed by atoms with van der Waals surface area (Å²) in [5.74, 6) is 0. The smallest absolute Gasteiger partial charge is 0.0771 e.